The largest absolute Gasteiger partial charge is 0.481 e. The topological polar surface area (TPSA) is 60.9 Å². The third-order valence-electron chi connectivity index (χ3n) is 3.87. The van der Waals surface area contributed by atoms with Gasteiger partial charge in [0, 0.05) is 26.7 Å². The highest BCUT2D eigenvalue weighted by Crippen LogP contribution is 2.18. The second kappa shape index (κ2) is 6.61. The van der Waals surface area contributed by atoms with E-state index in [1.165, 1.54) is 0 Å². The quantitative estimate of drug-likeness (QED) is 0.929. The lowest BCUT2D eigenvalue weighted by molar-refractivity contribution is -0.143. The lowest BCUT2D eigenvalue weighted by atomic mass is 9.98. The molecule has 1 aliphatic rings. The fourth-order valence-corrected chi connectivity index (χ4v) is 2.75. The first-order valence-corrected chi connectivity index (χ1v) is 7.26. The van der Waals surface area contributed by atoms with Gasteiger partial charge in [-0.05, 0) is 25.3 Å². The van der Waals surface area contributed by atoms with Gasteiger partial charge in [0.05, 0.1) is 5.92 Å². The zero-order valence-corrected chi connectivity index (χ0v) is 12.6. The molecule has 21 heavy (non-hydrogen) atoms. The van der Waals surface area contributed by atoms with E-state index in [-0.39, 0.29) is 6.03 Å². The summed E-state index contributed by atoms with van der Waals surface area (Å²) in [6, 6.07) is 7.95. The number of nitrogens with zero attached hydrogens (tertiary/aromatic N) is 2. The number of rotatable bonds is 3. The van der Waals surface area contributed by atoms with Gasteiger partial charge in [0.25, 0.3) is 0 Å². The molecule has 1 heterocycles. The van der Waals surface area contributed by atoms with Crippen molar-refractivity contribution in [2.24, 2.45) is 5.92 Å². The summed E-state index contributed by atoms with van der Waals surface area (Å²) >= 11 is 0. The first-order chi connectivity index (χ1) is 9.97. The molecule has 1 unspecified atom stereocenters. The average Bonchev–Trinajstić information content (AvgIpc) is 2.46. The van der Waals surface area contributed by atoms with Crippen molar-refractivity contribution in [3.8, 4) is 0 Å². The fraction of sp³-hybridized carbons (Fsp3) is 0.500. The van der Waals surface area contributed by atoms with Crippen molar-refractivity contribution in [1.29, 1.82) is 0 Å². The molecule has 0 spiro atoms. The lowest BCUT2D eigenvalue weighted by Crippen LogP contribution is -2.47. The maximum atomic E-state index is 12.4. The molecule has 1 aromatic carbocycles. The summed E-state index contributed by atoms with van der Waals surface area (Å²) in [6.45, 7) is 3.51. The van der Waals surface area contributed by atoms with Crippen molar-refractivity contribution in [2.75, 3.05) is 20.1 Å². The van der Waals surface area contributed by atoms with Crippen LogP contribution < -0.4 is 0 Å². The molecule has 114 valence electrons. The fourth-order valence-electron chi connectivity index (χ4n) is 2.75. The van der Waals surface area contributed by atoms with E-state index < -0.39 is 11.9 Å². The van der Waals surface area contributed by atoms with Crippen LogP contribution in [0.1, 0.15) is 24.0 Å². The molecule has 0 radical (unpaired) electrons. The Kier molecular flexibility index (Phi) is 4.83. The highest BCUT2D eigenvalue weighted by atomic mass is 16.4. The molecule has 1 fully saturated rings. The molecular formula is C16H22N2O3. The van der Waals surface area contributed by atoms with Gasteiger partial charge in [0.1, 0.15) is 0 Å². The van der Waals surface area contributed by atoms with Crippen LogP contribution >= 0.6 is 0 Å². The van der Waals surface area contributed by atoms with Crippen LogP contribution in [-0.2, 0) is 11.3 Å². The summed E-state index contributed by atoms with van der Waals surface area (Å²) in [5.41, 5.74) is 2.25. The maximum Gasteiger partial charge on any atom is 0.320 e. The molecule has 1 aliphatic heterocycles. The molecule has 2 rings (SSSR count). The Bertz CT molecular complexity index is 530. The SMILES string of the molecule is Cc1cccc(CN(C)C(=O)N2CCCC(C(=O)O)C2)c1. The molecule has 1 atom stereocenters. The minimum Gasteiger partial charge on any atom is -0.481 e. The zero-order valence-electron chi connectivity index (χ0n) is 12.6. The number of aliphatic carboxylic acids is 1. The van der Waals surface area contributed by atoms with Gasteiger partial charge in [-0.2, -0.15) is 0 Å². The summed E-state index contributed by atoms with van der Waals surface area (Å²) in [5.74, 6) is -1.25. The van der Waals surface area contributed by atoms with Gasteiger partial charge in [-0.25, -0.2) is 4.79 Å². The van der Waals surface area contributed by atoms with Crippen molar-refractivity contribution in [3.63, 3.8) is 0 Å². The first kappa shape index (κ1) is 15.4. The number of aryl methyl sites for hydroxylation is 1. The van der Waals surface area contributed by atoms with Crippen LogP contribution in [0, 0.1) is 12.8 Å². The number of benzene rings is 1. The number of carboxylic acid groups (broad SMARTS) is 1. The van der Waals surface area contributed by atoms with E-state index in [0.29, 0.717) is 26.1 Å². The predicted octanol–water partition coefficient (Wildman–Crippen LogP) is 2.34. The molecule has 0 aliphatic carbocycles. The van der Waals surface area contributed by atoms with Gasteiger partial charge in [0.15, 0.2) is 0 Å². The van der Waals surface area contributed by atoms with Crippen molar-refractivity contribution in [3.05, 3.63) is 35.4 Å². The Morgan fingerprint density at radius 3 is 2.86 bits per heavy atom. The Morgan fingerprint density at radius 2 is 2.19 bits per heavy atom. The summed E-state index contributed by atoms with van der Waals surface area (Å²) < 4.78 is 0. The predicted molar refractivity (Wildman–Crippen MR) is 80.0 cm³/mol. The van der Waals surface area contributed by atoms with E-state index in [2.05, 4.69) is 6.07 Å². The standard InChI is InChI=1S/C16H22N2O3/c1-12-5-3-6-13(9-12)10-17(2)16(21)18-8-4-7-14(11-18)15(19)20/h3,5-6,9,14H,4,7-8,10-11H2,1-2H3,(H,19,20). The first-order valence-electron chi connectivity index (χ1n) is 7.26. The highest BCUT2D eigenvalue weighted by Gasteiger charge is 2.29. The highest BCUT2D eigenvalue weighted by molar-refractivity contribution is 5.76. The van der Waals surface area contributed by atoms with E-state index >= 15 is 0 Å². The minimum atomic E-state index is -0.811. The molecule has 5 nitrogen and oxygen atoms in total. The molecule has 0 aromatic heterocycles. The number of carboxylic acids is 1. The van der Waals surface area contributed by atoms with Crippen molar-refractivity contribution in [2.45, 2.75) is 26.3 Å². The molecule has 0 saturated carbocycles. The normalized spacial score (nSPS) is 18.4. The summed E-state index contributed by atoms with van der Waals surface area (Å²) in [6.07, 6.45) is 1.40. The Morgan fingerprint density at radius 1 is 1.43 bits per heavy atom. The number of carbonyl (C=O) groups excluding carboxylic acids is 1. The third kappa shape index (κ3) is 3.97. The Hall–Kier alpha value is -2.04. The Labute approximate surface area is 125 Å². The van der Waals surface area contributed by atoms with Gasteiger partial charge < -0.3 is 14.9 Å². The number of amides is 2. The lowest BCUT2D eigenvalue weighted by Gasteiger charge is -2.33. The zero-order chi connectivity index (χ0) is 15.4. The number of urea groups is 1. The van der Waals surface area contributed by atoms with Crippen LogP contribution in [0.5, 0.6) is 0 Å². The summed E-state index contributed by atoms with van der Waals surface area (Å²) in [5, 5.41) is 9.09. The number of hydrogen-bond donors (Lipinski definition) is 1. The number of likely N-dealkylation sites (tertiary alicyclic amines) is 1. The summed E-state index contributed by atoms with van der Waals surface area (Å²) in [7, 11) is 1.76. The smallest absolute Gasteiger partial charge is 0.320 e. The number of piperidine rings is 1. The van der Waals surface area contributed by atoms with Crippen LogP contribution in [0.4, 0.5) is 4.79 Å². The van der Waals surface area contributed by atoms with E-state index in [1.54, 1.807) is 16.8 Å². The number of carbonyl (C=O) groups is 2. The molecular weight excluding hydrogens is 268 g/mol. The molecule has 1 saturated heterocycles. The Balaban J connectivity index is 1.97. The van der Waals surface area contributed by atoms with Gasteiger partial charge in [-0.1, -0.05) is 29.8 Å². The monoisotopic (exact) mass is 290 g/mol. The molecule has 1 N–H and O–H groups in total. The van der Waals surface area contributed by atoms with Crippen molar-refractivity contribution < 1.29 is 14.7 Å². The van der Waals surface area contributed by atoms with Gasteiger partial charge >= 0.3 is 12.0 Å². The molecule has 1 aromatic rings. The van der Waals surface area contributed by atoms with E-state index in [1.807, 2.05) is 25.1 Å². The van der Waals surface area contributed by atoms with Crippen LogP contribution in [0.2, 0.25) is 0 Å². The van der Waals surface area contributed by atoms with Crippen molar-refractivity contribution in [1.82, 2.24) is 9.80 Å². The van der Waals surface area contributed by atoms with Gasteiger partial charge in [-0.3, -0.25) is 4.79 Å². The maximum absolute atomic E-state index is 12.4. The van der Waals surface area contributed by atoms with Crippen molar-refractivity contribution >= 4 is 12.0 Å². The van der Waals surface area contributed by atoms with Crippen LogP contribution in [-0.4, -0.2) is 47.0 Å². The third-order valence-corrected chi connectivity index (χ3v) is 3.87. The molecule has 0 bridgehead atoms. The number of hydrogen-bond acceptors (Lipinski definition) is 2. The average molecular weight is 290 g/mol. The van der Waals surface area contributed by atoms with Crippen LogP contribution in [0.3, 0.4) is 0 Å². The molecule has 2 amide bonds. The van der Waals surface area contributed by atoms with Crippen LogP contribution in [0.15, 0.2) is 24.3 Å². The second-order valence-electron chi connectivity index (χ2n) is 5.75. The van der Waals surface area contributed by atoms with E-state index in [0.717, 1.165) is 17.5 Å². The second-order valence-corrected chi connectivity index (χ2v) is 5.75. The van der Waals surface area contributed by atoms with Crippen LogP contribution in [0.25, 0.3) is 0 Å². The van der Waals surface area contributed by atoms with Gasteiger partial charge in [-0.15, -0.1) is 0 Å². The van der Waals surface area contributed by atoms with E-state index in [4.69, 9.17) is 5.11 Å². The van der Waals surface area contributed by atoms with E-state index in [9.17, 15) is 9.59 Å². The van der Waals surface area contributed by atoms with Gasteiger partial charge in [0.2, 0.25) is 0 Å². The minimum absolute atomic E-state index is 0.0949. The summed E-state index contributed by atoms with van der Waals surface area (Å²) in [4.78, 5) is 26.8. The molecule has 5 heteroatoms.